The van der Waals surface area contributed by atoms with E-state index < -0.39 is 0 Å². The van der Waals surface area contributed by atoms with Crippen molar-refractivity contribution in [1.29, 1.82) is 0 Å². The van der Waals surface area contributed by atoms with Gasteiger partial charge in [0.15, 0.2) is 0 Å². The highest BCUT2D eigenvalue weighted by atomic mass is 35.5. The van der Waals surface area contributed by atoms with Crippen LogP contribution in [0.15, 0.2) is 42.0 Å². The van der Waals surface area contributed by atoms with Gasteiger partial charge in [0.2, 0.25) is 0 Å². The number of carbonyl (C=O) groups is 1. The molecule has 1 N–H and O–H groups in total. The first-order chi connectivity index (χ1) is 11.1. The van der Waals surface area contributed by atoms with Crippen molar-refractivity contribution in [3.63, 3.8) is 0 Å². The van der Waals surface area contributed by atoms with Gasteiger partial charge in [0, 0.05) is 22.2 Å². The molecule has 5 nitrogen and oxygen atoms in total. The Morgan fingerprint density at radius 2 is 2.00 bits per heavy atom. The minimum Gasteiger partial charge on any atom is -0.344 e. The summed E-state index contributed by atoms with van der Waals surface area (Å²) < 4.78 is 0. The van der Waals surface area contributed by atoms with Crippen LogP contribution in [0.3, 0.4) is 0 Å². The van der Waals surface area contributed by atoms with E-state index >= 15 is 0 Å². The Morgan fingerprint density at radius 3 is 2.70 bits per heavy atom. The maximum absolute atomic E-state index is 12.0. The third-order valence-electron chi connectivity index (χ3n) is 3.11. The Balaban J connectivity index is 1.64. The lowest BCUT2D eigenvalue weighted by molar-refractivity contribution is 0.0945. The second kappa shape index (κ2) is 6.85. The maximum Gasteiger partial charge on any atom is 0.271 e. The lowest BCUT2D eigenvalue weighted by Crippen LogP contribution is -2.23. The molecule has 116 valence electrons. The number of aryl methyl sites for hydroxylation is 1. The van der Waals surface area contributed by atoms with Crippen molar-refractivity contribution < 1.29 is 4.79 Å². The van der Waals surface area contributed by atoms with Crippen LogP contribution in [0.4, 0.5) is 0 Å². The van der Waals surface area contributed by atoms with Crippen LogP contribution >= 0.6 is 22.9 Å². The number of hydrogen-bond donors (Lipinski definition) is 1. The predicted octanol–water partition coefficient (Wildman–Crippen LogP) is 3.49. The summed E-state index contributed by atoms with van der Waals surface area (Å²) in [6, 6.07) is 7.49. The average molecular weight is 345 g/mol. The number of hydrogen-bond acceptors (Lipinski definition) is 5. The first kappa shape index (κ1) is 15.6. The summed E-state index contributed by atoms with van der Waals surface area (Å²) in [6.07, 6.45) is 3.03. The minimum absolute atomic E-state index is 0.263. The van der Waals surface area contributed by atoms with Crippen LogP contribution in [0.5, 0.6) is 0 Å². The van der Waals surface area contributed by atoms with E-state index in [0.29, 0.717) is 17.3 Å². The van der Waals surface area contributed by atoms with Gasteiger partial charge in [0.25, 0.3) is 5.91 Å². The fourth-order valence-corrected chi connectivity index (χ4v) is 2.77. The maximum atomic E-state index is 12.0. The lowest BCUT2D eigenvalue weighted by Gasteiger charge is -2.02. The zero-order valence-electron chi connectivity index (χ0n) is 12.3. The molecule has 3 rings (SSSR count). The number of amides is 1. The van der Waals surface area contributed by atoms with Gasteiger partial charge in [-0.05, 0) is 19.1 Å². The molecular formula is C16H13ClN4OS. The topological polar surface area (TPSA) is 67.8 Å². The summed E-state index contributed by atoms with van der Waals surface area (Å²) in [5, 5.41) is 6.26. The molecule has 0 aliphatic carbocycles. The quantitative estimate of drug-likeness (QED) is 0.786. The van der Waals surface area contributed by atoms with Crippen molar-refractivity contribution >= 4 is 28.8 Å². The summed E-state index contributed by atoms with van der Waals surface area (Å²) in [7, 11) is 0. The highest BCUT2D eigenvalue weighted by molar-refractivity contribution is 7.09. The molecule has 2 aromatic heterocycles. The summed E-state index contributed by atoms with van der Waals surface area (Å²) in [5.41, 5.74) is 2.93. The molecule has 0 bridgehead atoms. The van der Waals surface area contributed by atoms with Gasteiger partial charge in [-0.1, -0.05) is 23.7 Å². The van der Waals surface area contributed by atoms with Gasteiger partial charge in [0.1, 0.15) is 10.7 Å². The number of aromatic nitrogens is 3. The van der Waals surface area contributed by atoms with Gasteiger partial charge in [-0.15, -0.1) is 11.3 Å². The molecule has 7 heteroatoms. The molecule has 1 amide bonds. The fourth-order valence-electron chi connectivity index (χ4n) is 1.90. The molecule has 0 atom stereocenters. The van der Waals surface area contributed by atoms with Gasteiger partial charge < -0.3 is 5.32 Å². The van der Waals surface area contributed by atoms with E-state index in [9.17, 15) is 4.79 Å². The van der Waals surface area contributed by atoms with Crippen LogP contribution in [0, 0.1) is 6.92 Å². The van der Waals surface area contributed by atoms with E-state index in [2.05, 4.69) is 20.3 Å². The second-order valence-electron chi connectivity index (χ2n) is 4.86. The average Bonchev–Trinajstić information content (AvgIpc) is 3.03. The summed E-state index contributed by atoms with van der Waals surface area (Å²) >= 11 is 7.37. The van der Waals surface area contributed by atoms with Gasteiger partial charge >= 0.3 is 0 Å². The van der Waals surface area contributed by atoms with Crippen LogP contribution in [0.25, 0.3) is 11.3 Å². The zero-order valence-corrected chi connectivity index (χ0v) is 13.9. The number of halogens is 1. The van der Waals surface area contributed by atoms with Crippen molar-refractivity contribution in [3.8, 4) is 11.3 Å². The van der Waals surface area contributed by atoms with Crippen molar-refractivity contribution in [3.05, 3.63) is 63.5 Å². The van der Waals surface area contributed by atoms with Crippen LogP contribution in [0.2, 0.25) is 5.02 Å². The Labute approximate surface area is 142 Å². The van der Waals surface area contributed by atoms with Gasteiger partial charge in [-0.2, -0.15) is 0 Å². The molecule has 1 aromatic carbocycles. The number of rotatable bonds is 4. The molecule has 0 radical (unpaired) electrons. The Bertz CT molecular complexity index is 815. The SMILES string of the molecule is Cc1cnc(C(=O)NCc2nc(-c3ccc(Cl)cc3)cs2)cn1. The number of nitrogens with one attached hydrogen (secondary N) is 1. The van der Waals surface area contributed by atoms with Crippen molar-refractivity contribution in [2.45, 2.75) is 13.5 Å². The van der Waals surface area contributed by atoms with Crippen LogP contribution < -0.4 is 5.32 Å². The Kier molecular flexibility index (Phi) is 4.64. The number of nitrogens with zero attached hydrogens (tertiary/aromatic N) is 3. The first-order valence-electron chi connectivity index (χ1n) is 6.89. The van der Waals surface area contributed by atoms with Crippen LogP contribution in [-0.2, 0) is 6.54 Å². The van der Waals surface area contributed by atoms with E-state index in [0.717, 1.165) is 22.0 Å². The second-order valence-corrected chi connectivity index (χ2v) is 6.24. The molecule has 0 unspecified atom stereocenters. The standard InChI is InChI=1S/C16H13ClN4OS/c1-10-6-19-13(7-18-10)16(22)20-8-15-21-14(9-23-15)11-2-4-12(17)5-3-11/h2-7,9H,8H2,1H3,(H,20,22). The Hall–Kier alpha value is -2.31. The van der Waals surface area contributed by atoms with Gasteiger partial charge in [-0.25, -0.2) is 9.97 Å². The van der Waals surface area contributed by atoms with E-state index in [1.165, 1.54) is 17.5 Å². The highest BCUT2D eigenvalue weighted by Gasteiger charge is 2.09. The molecule has 0 spiro atoms. The summed E-state index contributed by atoms with van der Waals surface area (Å²) in [6.45, 7) is 2.18. The number of benzene rings is 1. The van der Waals surface area contributed by atoms with Crippen molar-refractivity contribution in [2.75, 3.05) is 0 Å². The van der Waals surface area contributed by atoms with Crippen molar-refractivity contribution in [2.24, 2.45) is 0 Å². The number of thiazole rings is 1. The predicted molar refractivity (Wildman–Crippen MR) is 90.5 cm³/mol. The molecule has 23 heavy (non-hydrogen) atoms. The molecule has 0 aliphatic heterocycles. The van der Waals surface area contributed by atoms with Gasteiger partial charge in [0.05, 0.1) is 24.1 Å². The zero-order chi connectivity index (χ0) is 16.2. The van der Waals surface area contributed by atoms with Crippen molar-refractivity contribution in [1.82, 2.24) is 20.3 Å². The molecule has 0 saturated carbocycles. The smallest absolute Gasteiger partial charge is 0.271 e. The van der Waals surface area contributed by atoms with Gasteiger partial charge in [-0.3, -0.25) is 9.78 Å². The molecule has 3 aromatic rings. The molecule has 0 aliphatic rings. The highest BCUT2D eigenvalue weighted by Crippen LogP contribution is 2.23. The molecule has 0 fully saturated rings. The first-order valence-corrected chi connectivity index (χ1v) is 8.15. The number of carbonyl (C=O) groups excluding carboxylic acids is 1. The normalized spacial score (nSPS) is 10.5. The van der Waals surface area contributed by atoms with Crippen LogP contribution in [0.1, 0.15) is 21.2 Å². The summed E-state index contributed by atoms with van der Waals surface area (Å²) in [5.74, 6) is -0.263. The van der Waals surface area contributed by atoms with Crippen LogP contribution in [-0.4, -0.2) is 20.9 Å². The molecular weight excluding hydrogens is 332 g/mol. The summed E-state index contributed by atoms with van der Waals surface area (Å²) in [4.78, 5) is 24.6. The largest absolute Gasteiger partial charge is 0.344 e. The minimum atomic E-state index is -0.263. The monoisotopic (exact) mass is 344 g/mol. The molecule has 2 heterocycles. The van der Waals surface area contributed by atoms with E-state index in [1.54, 1.807) is 6.20 Å². The lowest BCUT2D eigenvalue weighted by atomic mass is 10.2. The third kappa shape index (κ3) is 3.91. The fraction of sp³-hybridized carbons (Fsp3) is 0.125. The van der Waals surface area contributed by atoms with E-state index in [-0.39, 0.29) is 5.91 Å². The Morgan fingerprint density at radius 1 is 1.22 bits per heavy atom. The molecule has 0 saturated heterocycles. The van der Waals surface area contributed by atoms with E-state index in [4.69, 9.17) is 11.6 Å². The third-order valence-corrected chi connectivity index (χ3v) is 4.21. The van der Waals surface area contributed by atoms with E-state index in [1.807, 2.05) is 36.6 Å².